The summed E-state index contributed by atoms with van der Waals surface area (Å²) in [7, 11) is 0. The number of hydrogen-bond acceptors (Lipinski definition) is 3. The minimum Gasteiger partial charge on any atom is -0.393 e. The van der Waals surface area contributed by atoms with Crippen LogP contribution in [0.5, 0.6) is 0 Å². The summed E-state index contributed by atoms with van der Waals surface area (Å²) in [6, 6.07) is 7.58. The fourth-order valence-electron chi connectivity index (χ4n) is 2.43. The van der Waals surface area contributed by atoms with Crippen LogP contribution in [0.4, 0.5) is 5.69 Å². The van der Waals surface area contributed by atoms with Crippen molar-refractivity contribution in [2.24, 2.45) is 5.92 Å². The first-order valence-corrected chi connectivity index (χ1v) is 6.62. The van der Waals surface area contributed by atoms with E-state index in [2.05, 4.69) is 11.0 Å². The number of piperidine rings is 1. The van der Waals surface area contributed by atoms with Gasteiger partial charge in [-0.2, -0.15) is 5.26 Å². The molecule has 3 nitrogen and oxygen atoms in total. The summed E-state index contributed by atoms with van der Waals surface area (Å²) in [5.74, 6) is 0.313. The van der Waals surface area contributed by atoms with Gasteiger partial charge in [0.15, 0.2) is 0 Å². The zero-order valence-electron chi connectivity index (χ0n) is 10.4. The van der Waals surface area contributed by atoms with Crippen LogP contribution in [0.25, 0.3) is 0 Å². The average Bonchev–Trinajstić information content (AvgIpc) is 2.38. The average molecular weight is 265 g/mol. The van der Waals surface area contributed by atoms with Gasteiger partial charge in [-0.15, -0.1) is 0 Å². The molecule has 1 heterocycles. The lowest BCUT2D eigenvalue weighted by molar-refractivity contribution is 0.115. The Morgan fingerprint density at radius 1 is 1.56 bits per heavy atom. The summed E-state index contributed by atoms with van der Waals surface area (Å²) in [5, 5.41) is 19.0. The molecule has 1 aliphatic rings. The molecule has 2 atom stereocenters. The highest BCUT2D eigenvalue weighted by Crippen LogP contribution is 2.28. The van der Waals surface area contributed by atoms with E-state index in [-0.39, 0.29) is 6.10 Å². The lowest BCUT2D eigenvalue weighted by Crippen LogP contribution is -2.39. The third-order valence-corrected chi connectivity index (χ3v) is 3.89. The van der Waals surface area contributed by atoms with Crippen LogP contribution < -0.4 is 4.90 Å². The van der Waals surface area contributed by atoms with Crippen LogP contribution in [0.1, 0.15) is 25.3 Å². The molecule has 1 N–H and O–H groups in total. The SMILES string of the molecule is CC(O)C1CCCN(c2ccc(C#N)c(Cl)c2)C1. The maximum atomic E-state index is 9.68. The summed E-state index contributed by atoms with van der Waals surface area (Å²) < 4.78 is 0. The van der Waals surface area contributed by atoms with E-state index < -0.39 is 0 Å². The monoisotopic (exact) mass is 264 g/mol. The zero-order chi connectivity index (χ0) is 13.1. The second-order valence-corrected chi connectivity index (χ2v) is 5.27. The van der Waals surface area contributed by atoms with Crippen LogP contribution in [-0.2, 0) is 0 Å². The van der Waals surface area contributed by atoms with Crippen molar-refractivity contribution in [1.82, 2.24) is 0 Å². The Kier molecular flexibility index (Phi) is 4.11. The van der Waals surface area contributed by atoms with Gasteiger partial charge in [0.25, 0.3) is 0 Å². The molecule has 0 radical (unpaired) electrons. The van der Waals surface area contributed by atoms with Gasteiger partial charge in [0, 0.05) is 24.7 Å². The third kappa shape index (κ3) is 2.77. The fraction of sp³-hybridized carbons (Fsp3) is 0.500. The highest BCUT2D eigenvalue weighted by Gasteiger charge is 2.23. The predicted octanol–water partition coefficient (Wildman–Crippen LogP) is 2.81. The lowest BCUT2D eigenvalue weighted by atomic mass is 9.93. The van der Waals surface area contributed by atoms with Gasteiger partial charge < -0.3 is 10.0 Å². The Labute approximate surface area is 113 Å². The molecule has 1 aromatic carbocycles. The third-order valence-electron chi connectivity index (χ3n) is 3.58. The Balaban J connectivity index is 2.16. The van der Waals surface area contributed by atoms with Crippen molar-refractivity contribution >= 4 is 17.3 Å². The second-order valence-electron chi connectivity index (χ2n) is 4.86. The van der Waals surface area contributed by atoms with Crippen LogP contribution >= 0.6 is 11.6 Å². The fourth-order valence-corrected chi connectivity index (χ4v) is 2.65. The Bertz CT molecular complexity index is 467. The van der Waals surface area contributed by atoms with Gasteiger partial charge in [-0.25, -0.2) is 0 Å². The van der Waals surface area contributed by atoms with Crippen molar-refractivity contribution in [1.29, 1.82) is 5.26 Å². The molecule has 1 aliphatic heterocycles. The van der Waals surface area contributed by atoms with E-state index >= 15 is 0 Å². The molecule has 0 saturated carbocycles. The zero-order valence-corrected chi connectivity index (χ0v) is 11.2. The van der Waals surface area contributed by atoms with Gasteiger partial charge >= 0.3 is 0 Å². The van der Waals surface area contributed by atoms with Gasteiger partial charge in [-0.05, 0) is 38.0 Å². The van der Waals surface area contributed by atoms with E-state index in [1.807, 2.05) is 19.1 Å². The molecule has 1 fully saturated rings. The number of nitrogens with zero attached hydrogens (tertiary/aromatic N) is 2. The first-order chi connectivity index (χ1) is 8.61. The first-order valence-electron chi connectivity index (χ1n) is 6.24. The molecule has 0 aliphatic carbocycles. The summed E-state index contributed by atoms with van der Waals surface area (Å²) in [5.41, 5.74) is 1.54. The van der Waals surface area contributed by atoms with Gasteiger partial charge in [0.2, 0.25) is 0 Å². The summed E-state index contributed by atoms with van der Waals surface area (Å²) >= 11 is 6.05. The summed E-state index contributed by atoms with van der Waals surface area (Å²) in [4.78, 5) is 2.23. The van der Waals surface area contributed by atoms with Crippen LogP contribution in [0.2, 0.25) is 5.02 Å². The molecule has 2 unspecified atom stereocenters. The Hall–Kier alpha value is -1.24. The largest absolute Gasteiger partial charge is 0.393 e. The van der Waals surface area contributed by atoms with Gasteiger partial charge in [0.1, 0.15) is 6.07 Å². The number of hydrogen-bond donors (Lipinski definition) is 1. The molecule has 0 bridgehead atoms. The second kappa shape index (κ2) is 5.60. The van der Waals surface area contributed by atoms with E-state index in [0.717, 1.165) is 31.6 Å². The Morgan fingerprint density at radius 3 is 2.94 bits per heavy atom. The number of benzene rings is 1. The highest BCUT2D eigenvalue weighted by atomic mass is 35.5. The van der Waals surface area contributed by atoms with Crippen LogP contribution in [-0.4, -0.2) is 24.3 Å². The quantitative estimate of drug-likeness (QED) is 0.894. The smallest absolute Gasteiger partial charge is 0.101 e. The molecule has 0 spiro atoms. The number of anilines is 1. The molecule has 1 saturated heterocycles. The van der Waals surface area contributed by atoms with E-state index in [1.165, 1.54) is 0 Å². The minimum atomic E-state index is -0.276. The minimum absolute atomic E-state index is 0.276. The molecule has 4 heteroatoms. The number of halogens is 1. The van der Waals surface area contributed by atoms with Crippen molar-refractivity contribution in [3.05, 3.63) is 28.8 Å². The Morgan fingerprint density at radius 2 is 2.33 bits per heavy atom. The molecule has 1 aromatic rings. The molecule has 0 amide bonds. The molecule has 18 heavy (non-hydrogen) atoms. The van der Waals surface area contributed by atoms with E-state index in [1.54, 1.807) is 6.07 Å². The number of aliphatic hydroxyl groups excluding tert-OH is 1. The van der Waals surface area contributed by atoms with E-state index in [9.17, 15) is 5.11 Å². The van der Waals surface area contributed by atoms with E-state index in [0.29, 0.717) is 16.5 Å². The number of rotatable bonds is 2. The normalized spacial score (nSPS) is 21.4. The molecule has 2 rings (SSSR count). The van der Waals surface area contributed by atoms with Crippen molar-refractivity contribution in [2.45, 2.75) is 25.9 Å². The van der Waals surface area contributed by atoms with Gasteiger partial charge in [0.05, 0.1) is 16.7 Å². The standard InChI is InChI=1S/C14H17ClN2O/c1-10(18)12-3-2-6-17(9-12)13-5-4-11(8-16)14(15)7-13/h4-5,7,10,12,18H,2-3,6,9H2,1H3. The molecule has 96 valence electrons. The molecule has 0 aromatic heterocycles. The summed E-state index contributed by atoms with van der Waals surface area (Å²) in [6.07, 6.45) is 1.87. The van der Waals surface area contributed by atoms with Gasteiger partial charge in [-0.3, -0.25) is 0 Å². The highest BCUT2D eigenvalue weighted by molar-refractivity contribution is 6.32. The predicted molar refractivity (Wildman–Crippen MR) is 72.8 cm³/mol. The first kappa shape index (κ1) is 13.2. The van der Waals surface area contributed by atoms with Crippen LogP contribution in [0.15, 0.2) is 18.2 Å². The maximum Gasteiger partial charge on any atom is 0.101 e. The topological polar surface area (TPSA) is 47.3 Å². The van der Waals surface area contributed by atoms with E-state index in [4.69, 9.17) is 16.9 Å². The lowest BCUT2D eigenvalue weighted by Gasteiger charge is -2.35. The molecular formula is C14H17ClN2O. The maximum absolute atomic E-state index is 9.68. The summed E-state index contributed by atoms with van der Waals surface area (Å²) in [6.45, 7) is 3.67. The van der Waals surface area contributed by atoms with Crippen LogP contribution in [0, 0.1) is 17.2 Å². The van der Waals surface area contributed by atoms with Crippen molar-refractivity contribution in [3.8, 4) is 6.07 Å². The van der Waals surface area contributed by atoms with Gasteiger partial charge in [-0.1, -0.05) is 11.6 Å². The molecular weight excluding hydrogens is 248 g/mol. The number of aliphatic hydroxyl groups is 1. The van der Waals surface area contributed by atoms with Crippen molar-refractivity contribution in [2.75, 3.05) is 18.0 Å². The van der Waals surface area contributed by atoms with Crippen molar-refractivity contribution < 1.29 is 5.11 Å². The number of nitriles is 1. The van der Waals surface area contributed by atoms with Crippen molar-refractivity contribution in [3.63, 3.8) is 0 Å². The van der Waals surface area contributed by atoms with Crippen LogP contribution in [0.3, 0.4) is 0 Å².